The summed E-state index contributed by atoms with van der Waals surface area (Å²) < 4.78 is 7.07. The fraction of sp³-hybridized carbons (Fsp3) is 0.222. The summed E-state index contributed by atoms with van der Waals surface area (Å²) in [5.41, 5.74) is 1.17. The molecule has 0 aliphatic rings. The lowest BCUT2D eigenvalue weighted by molar-refractivity contribution is 0.207. The molecule has 80 valence electrons. The molecule has 0 fully saturated rings. The molecule has 6 heteroatoms. The number of aliphatic hydroxyl groups is 1. The minimum Gasteiger partial charge on any atom is -0.457 e. The van der Waals surface area contributed by atoms with Crippen molar-refractivity contribution in [3.63, 3.8) is 0 Å². The molecule has 0 radical (unpaired) electrons. The van der Waals surface area contributed by atoms with E-state index in [1.54, 1.807) is 13.1 Å². The van der Waals surface area contributed by atoms with Crippen LogP contribution in [0.3, 0.4) is 0 Å². The SMILES string of the molecule is Cn1ncc(Cl)c1C(O)c1ccoc1Br. The van der Waals surface area contributed by atoms with Gasteiger partial charge in [0.05, 0.1) is 23.2 Å². The molecule has 0 saturated heterocycles. The summed E-state index contributed by atoms with van der Waals surface area (Å²) in [5.74, 6) is 0. The monoisotopic (exact) mass is 290 g/mol. The van der Waals surface area contributed by atoms with Crippen LogP contribution in [0.2, 0.25) is 5.02 Å². The Balaban J connectivity index is 2.45. The molecular formula is C9H8BrClN2O2. The van der Waals surface area contributed by atoms with E-state index in [0.29, 0.717) is 20.9 Å². The van der Waals surface area contributed by atoms with E-state index in [0.717, 1.165) is 0 Å². The fourth-order valence-corrected chi connectivity index (χ4v) is 2.10. The van der Waals surface area contributed by atoms with Crippen molar-refractivity contribution in [3.8, 4) is 0 Å². The summed E-state index contributed by atoms with van der Waals surface area (Å²) in [7, 11) is 1.72. The Morgan fingerprint density at radius 1 is 1.67 bits per heavy atom. The van der Waals surface area contributed by atoms with Gasteiger partial charge in [-0.05, 0) is 22.0 Å². The summed E-state index contributed by atoms with van der Waals surface area (Å²) in [6.45, 7) is 0. The van der Waals surface area contributed by atoms with Gasteiger partial charge in [-0.3, -0.25) is 4.68 Å². The maximum Gasteiger partial charge on any atom is 0.175 e. The Morgan fingerprint density at radius 3 is 2.87 bits per heavy atom. The molecule has 0 bridgehead atoms. The normalized spacial score (nSPS) is 13.1. The van der Waals surface area contributed by atoms with E-state index in [4.69, 9.17) is 16.0 Å². The number of halogens is 2. The predicted molar refractivity (Wildman–Crippen MR) is 58.7 cm³/mol. The largest absolute Gasteiger partial charge is 0.457 e. The highest BCUT2D eigenvalue weighted by molar-refractivity contribution is 9.10. The lowest BCUT2D eigenvalue weighted by Crippen LogP contribution is -2.06. The smallest absolute Gasteiger partial charge is 0.175 e. The first kappa shape index (κ1) is 10.7. The molecule has 1 unspecified atom stereocenters. The van der Waals surface area contributed by atoms with E-state index >= 15 is 0 Å². The van der Waals surface area contributed by atoms with Crippen molar-refractivity contribution in [1.82, 2.24) is 9.78 Å². The van der Waals surface area contributed by atoms with Crippen LogP contribution in [-0.2, 0) is 7.05 Å². The molecule has 2 rings (SSSR count). The van der Waals surface area contributed by atoms with Crippen LogP contribution in [0.1, 0.15) is 17.4 Å². The number of furan rings is 1. The first-order chi connectivity index (χ1) is 7.11. The van der Waals surface area contributed by atoms with Crippen molar-refractivity contribution in [2.24, 2.45) is 7.05 Å². The van der Waals surface area contributed by atoms with Crippen LogP contribution in [0.5, 0.6) is 0 Å². The van der Waals surface area contributed by atoms with Crippen LogP contribution in [-0.4, -0.2) is 14.9 Å². The van der Waals surface area contributed by atoms with Gasteiger partial charge in [0.15, 0.2) is 4.67 Å². The van der Waals surface area contributed by atoms with Gasteiger partial charge in [0.1, 0.15) is 6.10 Å². The van der Waals surface area contributed by atoms with Crippen molar-refractivity contribution in [2.75, 3.05) is 0 Å². The fourth-order valence-electron chi connectivity index (χ4n) is 1.37. The summed E-state index contributed by atoms with van der Waals surface area (Å²) >= 11 is 9.12. The van der Waals surface area contributed by atoms with Crippen LogP contribution >= 0.6 is 27.5 Å². The molecule has 0 saturated carbocycles. The molecule has 0 aliphatic carbocycles. The first-order valence-corrected chi connectivity index (χ1v) is 5.36. The Morgan fingerprint density at radius 2 is 2.40 bits per heavy atom. The Hall–Kier alpha value is -0.780. The van der Waals surface area contributed by atoms with E-state index in [1.165, 1.54) is 17.1 Å². The van der Waals surface area contributed by atoms with Gasteiger partial charge in [-0.25, -0.2) is 0 Å². The minimum absolute atomic E-state index is 0.429. The van der Waals surface area contributed by atoms with E-state index < -0.39 is 6.10 Å². The third-order valence-electron chi connectivity index (χ3n) is 2.14. The number of aryl methyl sites for hydroxylation is 1. The quantitative estimate of drug-likeness (QED) is 0.925. The summed E-state index contributed by atoms with van der Waals surface area (Å²) in [6, 6.07) is 1.68. The molecule has 0 amide bonds. The van der Waals surface area contributed by atoms with E-state index in [2.05, 4.69) is 21.0 Å². The van der Waals surface area contributed by atoms with Crippen LogP contribution < -0.4 is 0 Å². The van der Waals surface area contributed by atoms with Crippen molar-refractivity contribution in [1.29, 1.82) is 0 Å². The van der Waals surface area contributed by atoms with Gasteiger partial charge in [-0.2, -0.15) is 5.10 Å². The third-order valence-corrected chi connectivity index (χ3v) is 3.07. The number of rotatable bonds is 2. The molecule has 0 aliphatic heterocycles. The molecule has 1 N–H and O–H groups in total. The lowest BCUT2D eigenvalue weighted by atomic mass is 10.1. The van der Waals surface area contributed by atoms with Crippen LogP contribution in [0.15, 0.2) is 27.6 Å². The van der Waals surface area contributed by atoms with Crippen LogP contribution in [0.25, 0.3) is 0 Å². The van der Waals surface area contributed by atoms with E-state index in [9.17, 15) is 5.11 Å². The van der Waals surface area contributed by atoms with Crippen molar-refractivity contribution >= 4 is 27.5 Å². The molecule has 1 atom stereocenters. The highest BCUT2D eigenvalue weighted by Gasteiger charge is 2.21. The Kier molecular flexibility index (Phi) is 2.86. The molecule has 0 spiro atoms. The van der Waals surface area contributed by atoms with E-state index in [1.807, 2.05) is 0 Å². The van der Waals surface area contributed by atoms with Gasteiger partial charge in [0, 0.05) is 12.6 Å². The van der Waals surface area contributed by atoms with Gasteiger partial charge in [-0.15, -0.1) is 0 Å². The predicted octanol–water partition coefficient (Wildman–Crippen LogP) is 2.51. The molecule has 15 heavy (non-hydrogen) atoms. The Bertz CT molecular complexity index is 461. The van der Waals surface area contributed by atoms with Gasteiger partial charge in [0.25, 0.3) is 0 Å². The first-order valence-electron chi connectivity index (χ1n) is 4.19. The number of nitrogens with zero attached hydrogens (tertiary/aromatic N) is 2. The third kappa shape index (κ3) is 1.82. The summed E-state index contributed by atoms with van der Waals surface area (Å²) in [4.78, 5) is 0. The maximum absolute atomic E-state index is 10.1. The van der Waals surface area contributed by atoms with Gasteiger partial charge < -0.3 is 9.52 Å². The average Bonchev–Trinajstić information content (AvgIpc) is 2.73. The van der Waals surface area contributed by atoms with Crippen molar-refractivity contribution in [3.05, 3.63) is 39.5 Å². The van der Waals surface area contributed by atoms with Crippen molar-refractivity contribution < 1.29 is 9.52 Å². The molecule has 2 heterocycles. The summed E-state index contributed by atoms with van der Waals surface area (Å²) in [6.07, 6.45) is 2.14. The van der Waals surface area contributed by atoms with Crippen LogP contribution in [0, 0.1) is 0 Å². The zero-order valence-electron chi connectivity index (χ0n) is 7.82. The van der Waals surface area contributed by atoms with Crippen LogP contribution in [0.4, 0.5) is 0 Å². The molecule has 0 aromatic carbocycles. The zero-order chi connectivity index (χ0) is 11.0. The highest BCUT2D eigenvalue weighted by Crippen LogP contribution is 2.32. The molecule has 4 nitrogen and oxygen atoms in total. The maximum atomic E-state index is 10.1. The standard InChI is InChI=1S/C9H8BrClN2O2/c1-13-7(6(11)4-12-13)8(14)5-2-3-15-9(5)10/h2-4,8,14H,1H3. The number of aromatic nitrogens is 2. The van der Waals surface area contributed by atoms with Gasteiger partial charge in [-0.1, -0.05) is 11.6 Å². The number of hydrogen-bond acceptors (Lipinski definition) is 3. The van der Waals surface area contributed by atoms with Gasteiger partial charge in [0.2, 0.25) is 0 Å². The topological polar surface area (TPSA) is 51.2 Å². The summed E-state index contributed by atoms with van der Waals surface area (Å²) in [5, 5.41) is 14.5. The molecule has 2 aromatic heterocycles. The second kappa shape index (κ2) is 4.00. The Labute approximate surface area is 99.6 Å². The average molecular weight is 292 g/mol. The minimum atomic E-state index is -0.849. The second-order valence-corrected chi connectivity index (χ2v) is 4.18. The van der Waals surface area contributed by atoms with E-state index in [-0.39, 0.29) is 0 Å². The van der Waals surface area contributed by atoms with Crippen molar-refractivity contribution in [2.45, 2.75) is 6.10 Å². The van der Waals surface area contributed by atoms with Gasteiger partial charge >= 0.3 is 0 Å². The zero-order valence-corrected chi connectivity index (χ0v) is 10.2. The second-order valence-electron chi connectivity index (χ2n) is 3.05. The lowest BCUT2D eigenvalue weighted by Gasteiger charge is -2.10. The molecular weight excluding hydrogens is 283 g/mol. The number of hydrogen-bond donors (Lipinski definition) is 1. The number of aliphatic hydroxyl groups excluding tert-OH is 1. The highest BCUT2D eigenvalue weighted by atomic mass is 79.9. The molecule has 2 aromatic rings.